The fourth-order valence-corrected chi connectivity index (χ4v) is 2.72. The number of rotatable bonds is 6. The van der Waals surface area contributed by atoms with Gasteiger partial charge in [-0.15, -0.1) is 0 Å². The van der Waals surface area contributed by atoms with Crippen LogP contribution in [0.3, 0.4) is 0 Å². The van der Waals surface area contributed by atoms with E-state index in [9.17, 15) is 9.50 Å². The minimum Gasteiger partial charge on any atom is -0.460 e. The zero-order chi connectivity index (χ0) is 18.0. The zero-order valence-corrected chi connectivity index (χ0v) is 14.6. The van der Waals surface area contributed by atoms with Crippen LogP contribution >= 0.6 is 0 Å². The van der Waals surface area contributed by atoms with Gasteiger partial charge in [0.15, 0.2) is 0 Å². The molecular weight excluding hydrogens is 321 g/mol. The van der Waals surface area contributed by atoms with Crippen LogP contribution in [0.2, 0.25) is 0 Å². The van der Waals surface area contributed by atoms with Crippen LogP contribution in [-0.4, -0.2) is 21.4 Å². The summed E-state index contributed by atoms with van der Waals surface area (Å²) in [5.41, 5.74) is 1.03. The molecule has 0 fully saturated rings. The Hall–Kier alpha value is -2.44. The van der Waals surface area contributed by atoms with E-state index in [1.807, 2.05) is 25.2 Å². The number of halogens is 1. The van der Waals surface area contributed by atoms with Crippen LogP contribution in [0, 0.1) is 12.7 Å². The standard InChI is InChI=1S/C19H22FN3O2/c1-13-16(5-4-6-17(13)20)18-8-7-15(25-18)10-21-12-19(2,24)14-9-22-23(3)11-14/h4-9,11,21,24H,10,12H2,1-3H3. The first-order valence-electron chi connectivity index (χ1n) is 8.13. The van der Waals surface area contributed by atoms with Crippen LogP contribution in [0.5, 0.6) is 0 Å². The van der Waals surface area contributed by atoms with Gasteiger partial charge in [-0.1, -0.05) is 12.1 Å². The van der Waals surface area contributed by atoms with E-state index in [-0.39, 0.29) is 5.82 Å². The molecule has 0 saturated carbocycles. The zero-order valence-electron chi connectivity index (χ0n) is 14.6. The average Bonchev–Trinajstić information content (AvgIpc) is 3.19. The molecule has 0 radical (unpaired) electrons. The van der Waals surface area contributed by atoms with Crippen molar-refractivity contribution in [2.24, 2.45) is 7.05 Å². The number of hydrogen-bond acceptors (Lipinski definition) is 4. The first-order chi connectivity index (χ1) is 11.9. The van der Waals surface area contributed by atoms with E-state index in [4.69, 9.17) is 4.42 Å². The van der Waals surface area contributed by atoms with E-state index in [0.29, 0.717) is 24.4 Å². The van der Waals surface area contributed by atoms with Gasteiger partial charge in [0.1, 0.15) is 22.9 Å². The number of nitrogens with one attached hydrogen (secondary N) is 1. The van der Waals surface area contributed by atoms with E-state index >= 15 is 0 Å². The molecule has 0 spiro atoms. The maximum atomic E-state index is 13.7. The predicted molar refractivity (Wildman–Crippen MR) is 93.3 cm³/mol. The lowest BCUT2D eigenvalue weighted by atomic mass is 10.00. The number of hydrogen-bond donors (Lipinski definition) is 2. The maximum Gasteiger partial charge on any atom is 0.134 e. The summed E-state index contributed by atoms with van der Waals surface area (Å²) in [7, 11) is 1.81. The van der Waals surface area contributed by atoms with Crippen molar-refractivity contribution in [3.8, 4) is 11.3 Å². The molecule has 25 heavy (non-hydrogen) atoms. The first kappa shape index (κ1) is 17.4. The molecule has 0 amide bonds. The molecule has 2 N–H and O–H groups in total. The molecule has 2 heterocycles. The number of aromatic nitrogens is 2. The van der Waals surface area contributed by atoms with Gasteiger partial charge < -0.3 is 14.8 Å². The second-order valence-corrected chi connectivity index (χ2v) is 6.46. The molecule has 0 saturated heterocycles. The molecule has 1 atom stereocenters. The molecule has 0 aliphatic carbocycles. The highest BCUT2D eigenvalue weighted by Crippen LogP contribution is 2.27. The Balaban J connectivity index is 1.63. The summed E-state index contributed by atoms with van der Waals surface area (Å²) < 4.78 is 21.1. The van der Waals surface area contributed by atoms with Crippen molar-refractivity contribution in [1.29, 1.82) is 0 Å². The molecule has 6 heteroatoms. The van der Waals surface area contributed by atoms with Gasteiger partial charge in [-0.25, -0.2) is 4.39 Å². The quantitative estimate of drug-likeness (QED) is 0.722. The van der Waals surface area contributed by atoms with E-state index in [2.05, 4.69) is 10.4 Å². The number of benzene rings is 1. The van der Waals surface area contributed by atoms with E-state index in [1.54, 1.807) is 37.0 Å². The van der Waals surface area contributed by atoms with Crippen molar-refractivity contribution in [2.75, 3.05) is 6.54 Å². The van der Waals surface area contributed by atoms with Gasteiger partial charge in [0.2, 0.25) is 0 Å². The Morgan fingerprint density at radius 3 is 2.84 bits per heavy atom. The molecule has 1 aromatic carbocycles. The van der Waals surface area contributed by atoms with Crippen molar-refractivity contribution in [1.82, 2.24) is 15.1 Å². The van der Waals surface area contributed by atoms with Crippen LogP contribution < -0.4 is 5.32 Å². The van der Waals surface area contributed by atoms with Gasteiger partial charge in [-0.3, -0.25) is 4.68 Å². The molecule has 5 nitrogen and oxygen atoms in total. The average molecular weight is 343 g/mol. The van der Waals surface area contributed by atoms with Crippen LogP contribution in [-0.2, 0) is 19.2 Å². The summed E-state index contributed by atoms with van der Waals surface area (Å²) in [6.07, 6.45) is 3.44. The summed E-state index contributed by atoms with van der Waals surface area (Å²) in [5.74, 6) is 1.11. The first-order valence-corrected chi connectivity index (χ1v) is 8.13. The van der Waals surface area contributed by atoms with Gasteiger partial charge in [-0.2, -0.15) is 5.10 Å². The molecule has 0 aliphatic heterocycles. The lowest BCUT2D eigenvalue weighted by molar-refractivity contribution is 0.0561. The largest absolute Gasteiger partial charge is 0.460 e. The van der Waals surface area contributed by atoms with Crippen molar-refractivity contribution >= 4 is 0 Å². The van der Waals surface area contributed by atoms with Crippen LogP contribution in [0.4, 0.5) is 4.39 Å². The van der Waals surface area contributed by atoms with Gasteiger partial charge >= 0.3 is 0 Å². The second-order valence-electron chi connectivity index (χ2n) is 6.46. The van der Waals surface area contributed by atoms with Crippen molar-refractivity contribution in [2.45, 2.75) is 26.0 Å². The minimum absolute atomic E-state index is 0.249. The van der Waals surface area contributed by atoms with Crippen molar-refractivity contribution in [3.63, 3.8) is 0 Å². The van der Waals surface area contributed by atoms with E-state index < -0.39 is 5.60 Å². The fraction of sp³-hybridized carbons (Fsp3) is 0.316. The Labute approximate surface area is 146 Å². The molecular formula is C19H22FN3O2. The van der Waals surface area contributed by atoms with Crippen molar-refractivity contribution < 1.29 is 13.9 Å². The third-order valence-electron chi connectivity index (χ3n) is 4.29. The number of aliphatic hydroxyl groups is 1. The van der Waals surface area contributed by atoms with Gasteiger partial charge in [0.25, 0.3) is 0 Å². The molecule has 2 aromatic heterocycles. The third-order valence-corrected chi connectivity index (χ3v) is 4.29. The Bertz CT molecular complexity index is 867. The smallest absolute Gasteiger partial charge is 0.134 e. The second kappa shape index (κ2) is 6.82. The highest BCUT2D eigenvalue weighted by Gasteiger charge is 2.24. The molecule has 3 aromatic rings. The summed E-state index contributed by atoms with van der Waals surface area (Å²) in [6, 6.07) is 8.62. The van der Waals surface area contributed by atoms with E-state index in [1.165, 1.54) is 6.07 Å². The number of aryl methyl sites for hydroxylation is 1. The Morgan fingerprint density at radius 2 is 2.12 bits per heavy atom. The summed E-state index contributed by atoms with van der Waals surface area (Å²) >= 11 is 0. The summed E-state index contributed by atoms with van der Waals surface area (Å²) in [5, 5.41) is 17.8. The lowest BCUT2D eigenvalue weighted by Crippen LogP contribution is -2.34. The van der Waals surface area contributed by atoms with Gasteiger partial charge in [0.05, 0.1) is 12.7 Å². The monoisotopic (exact) mass is 343 g/mol. The maximum absolute atomic E-state index is 13.7. The van der Waals surface area contributed by atoms with Crippen molar-refractivity contribution in [3.05, 3.63) is 65.4 Å². The SMILES string of the molecule is Cc1c(F)cccc1-c1ccc(CNCC(C)(O)c2cnn(C)c2)o1. The number of furan rings is 1. The predicted octanol–water partition coefficient (Wildman–Crippen LogP) is 3.12. The van der Waals surface area contributed by atoms with Gasteiger partial charge in [0, 0.05) is 30.9 Å². The summed E-state index contributed by atoms with van der Waals surface area (Å²) in [6.45, 7) is 4.29. The summed E-state index contributed by atoms with van der Waals surface area (Å²) in [4.78, 5) is 0. The molecule has 3 rings (SSSR count). The number of nitrogens with zero attached hydrogens (tertiary/aromatic N) is 2. The Morgan fingerprint density at radius 1 is 1.32 bits per heavy atom. The highest BCUT2D eigenvalue weighted by atomic mass is 19.1. The van der Waals surface area contributed by atoms with Gasteiger partial charge in [-0.05, 0) is 37.6 Å². The third kappa shape index (κ3) is 3.81. The van der Waals surface area contributed by atoms with E-state index in [0.717, 1.165) is 16.9 Å². The molecule has 0 aliphatic rings. The molecule has 132 valence electrons. The topological polar surface area (TPSA) is 63.2 Å². The van der Waals surface area contributed by atoms with Crippen LogP contribution in [0.25, 0.3) is 11.3 Å². The minimum atomic E-state index is -1.02. The molecule has 0 bridgehead atoms. The normalized spacial score (nSPS) is 13.8. The highest BCUT2D eigenvalue weighted by molar-refractivity contribution is 5.62. The van der Waals surface area contributed by atoms with Crippen LogP contribution in [0.15, 0.2) is 47.1 Å². The fourth-order valence-electron chi connectivity index (χ4n) is 2.72. The molecule has 1 unspecified atom stereocenters. The lowest BCUT2D eigenvalue weighted by Gasteiger charge is -2.22. The Kier molecular flexibility index (Phi) is 4.74. The van der Waals surface area contributed by atoms with Crippen LogP contribution in [0.1, 0.15) is 23.8 Å².